The lowest BCUT2D eigenvalue weighted by Gasteiger charge is -2.64. The van der Waals surface area contributed by atoms with Gasteiger partial charge in [-0.2, -0.15) is 0 Å². The molecule has 5 saturated carbocycles. The summed E-state index contributed by atoms with van der Waals surface area (Å²) in [5.41, 5.74) is -2.51. The number of hydrogen-bond acceptors (Lipinski definition) is 10. The van der Waals surface area contributed by atoms with Crippen molar-refractivity contribution < 1.29 is 50.0 Å². The van der Waals surface area contributed by atoms with Gasteiger partial charge in [0.2, 0.25) is 0 Å². The van der Waals surface area contributed by atoms with Crippen LogP contribution in [0.4, 0.5) is 0 Å². The summed E-state index contributed by atoms with van der Waals surface area (Å²) in [6.45, 7) is 14.2. The zero-order chi connectivity index (χ0) is 33.6. The molecular formula is C36H60O10. The second-order valence-electron chi connectivity index (χ2n) is 18.7. The fraction of sp³-hybridized carbons (Fsp3) is 1.00. The minimum Gasteiger partial charge on any atom is -0.394 e. The molecule has 2 aliphatic heterocycles. The van der Waals surface area contributed by atoms with Gasteiger partial charge < -0.3 is 50.0 Å². The molecule has 7 rings (SSSR count). The second kappa shape index (κ2) is 10.3. The molecule has 5 aliphatic carbocycles. The van der Waals surface area contributed by atoms with Crippen LogP contribution in [0.3, 0.4) is 0 Å². The van der Waals surface area contributed by atoms with Crippen molar-refractivity contribution in [1.82, 2.24) is 0 Å². The first kappa shape index (κ1) is 34.1. The van der Waals surface area contributed by atoms with Crippen LogP contribution in [0.25, 0.3) is 0 Å². The van der Waals surface area contributed by atoms with Gasteiger partial charge in [-0.3, -0.25) is 0 Å². The number of aliphatic hydroxyl groups is 7. The van der Waals surface area contributed by atoms with Gasteiger partial charge in [0.1, 0.15) is 24.4 Å². The minimum atomic E-state index is -1.54. The van der Waals surface area contributed by atoms with Crippen molar-refractivity contribution in [2.45, 2.75) is 173 Å². The number of fused-ring (bicyclic) bond motifs is 2. The summed E-state index contributed by atoms with van der Waals surface area (Å²) in [5.74, 6) is 0.114. The van der Waals surface area contributed by atoms with E-state index in [4.69, 9.17) is 14.2 Å². The van der Waals surface area contributed by atoms with E-state index in [9.17, 15) is 35.7 Å². The van der Waals surface area contributed by atoms with E-state index in [2.05, 4.69) is 34.6 Å². The van der Waals surface area contributed by atoms with E-state index in [0.29, 0.717) is 19.3 Å². The zero-order valence-corrected chi connectivity index (χ0v) is 28.9. The van der Waals surface area contributed by atoms with Gasteiger partial charge in [0.25, 0.3) is 0 Å². The molecule has 2 heterocycles. The van der Waals surface area contributed by atoms with Gasteiger partial charge in [0.05, 0.1) is 42.2 Å². The monoisotopic (exact) mass is 652 g/mol. The van der Waals surface area contributed by atoms with E-state index in [-0.39, 0.29) is 50.9 Å². The lowest BCUT2D eigenvalue weighted by Crippen LogP contribution is -2.62. The molecule has 46 heavy (non-hydrogen) atoms. The molecule has 0 aromatic rings. The third kappa shape index (κ3) is 4.24. The molecule has 17 atom stereocenters. The van der Waals surface area contributed by atoms with Crippen LogP contribution in [0.1, 0.15) is 106 Å². The maximum absolute atomic E-state index is 12.0. The van der Waals surface area contributed by atoms with Gasteiger partial charge in [-0.25, -0.2) is 0 Å². The summed E-state index contributed by atoms with van der Waals surface area (Å²) in [6.07, 6.45) is -1.11. The smallest absolute Gasteiger partial charge is 0.186 e. The van der Waals surface area contributed by atoms with Crippen molar-refractivity contribution >= 4 is 0 Å². The quantitative estimate of drug-likeness (QED) is 0.234. The van der Waals surface area contributed by atoms with Gasteiger partial charge >= 0.3 is 0 Å². The van der Waals surface area contributed by atoms with E-state index >= 15 is 0 Å². The summed E-state index contributed by atoms with van der Waals surface area (Å²) in [7, 11) is 0. The van der Waals surface area contributed by atoms with Gasteiger partial charge in [-0.1, -0.05) is 27.7 Å². The molecule has 2 saturated heterocycles. The lowest BCUT2D eigenvalue weighted by atomic mass is 9.41. The predicted molar refractivity (Wildman–Crippen MR) is 167 cm³/mol. The lowest BCUT2D eigenvalue weighted by molar-refractivity contribution is -0.319. The first-order valence-corrected chi connectivity index (χ1v) is 17.9. The average Bonchev–Trinajstić information content (AvgIpc) is 3.31. The van der Waals surface area contributed by atoms with Gasteiger partial charge in [-0.05, 0) is 117 Å². The SMILES string of the molecule is CC(C)(O)C1CCC(C)(C2C(OC3OC(CO)C(O)C(O)C3O)CC3(C)C4CC(O)C5C(C)(C)C(O)CCC56CC46CCC23C)O1. The highest BCUT2D eigenvalue weighted by Crippen LogP contribution is 2.89. The van der Waals surface area contributed by atoms with Crippen molar-refractivity contribution in [3.8, 4) is 0 Å². The molecule has 7 N–H and O–H groups in total. The van der Waals surface area contributed by atoms with E-state index in [1.165, 1.54) is 0 Å². The number of ether oxygens (including phenoxy) is 3. The van der Waals surface area contributed by atoms with Crippen LogP contribution in [0, 0.1) is 44.8 Å². The molecule has 0 bridgehead atoms. The third-order valence-electron chi connectivity index (χ3n) is 15.9. The predicted octanol–water partition coefficient (Wildman–Crippen LogP) is 2.26. The van der Waals surface area contributed by atoms with Crippen LogP contribution in [-0.2, 0) is 14.2 Å². The fourth-order valence-corrected chi connectivity index (χ4v) is 13.6. The summed E-state index contributed by atoms with van der Waals surface area (Å²) in [4.78, 5) is 0. The second-order valence-corrected chi connectivity index (χ2v) is 18.7. The first-order chi connectivity index (χ1) is 21.2. The Kier molecular flexibility index (Phi) is 7.65. The molecule has 10 nitrogen and oxygen atoms in total. The maximum atomic E-state index is 12.0. The standard InChI is InChI=1S/C36H60O10/c1-30(2)22(39)8-11-36-17-35(36)13-12-32(5)28(34(7)10-9-23(46-34)31(3,4)43)19(15-33(32,6)21(35)14-18(38)27(30)36)44-29-26(42)25(41)24(40)20(16-37)45-29/h18-29,37-43H,8-17H2,1-7H3. The molecule has 0 aromatic heterocycles. The number of aliphatic hydroxyl groups excluding tert-OH is 6. The van der Waals surface area contributed by atoms with Gasteiger partial charge in [-0.15, -0.1) is 0 Å². The highest BCUT2D eigenvalue weighted by atomic mass is 16.7. The van der Waals surface area contributed by atoms with Crippen LogP contribution in [0.5, 0.6) is 0 Å². The molecule has 10 heteroatoms. The minimum absolute atomic E-state index is 0.00782. The van der Waals surface area contributed by atoms with E-state index in [1.54, 1.807) is 13.8 Å². The molecule has 7 fully saturated rings. The Bertz CT molecular complexity index is 1200. The van der Waals surface area contributed by atoms with Crippen LogP contribution < -0.4 is 0 Å². The van der Waals surface area contributed by atoms with Crippen LogP contribution in [-0.4, -0.2) is 109 Å². The summed E-state index contributed by atoms with van der Waals surface area (Å²) >= 11 is 0. The van der Waals surface area contributed by atoms with E-state index in [0.717, 1.165) is 38.5 Å². The van der Waals surface area contributed by atoms with Crippen LogP contribution in [0.15, 0.2) is 0 Å². The first-order valence-electron chi connectivity index (χ1n) is 17.9. The Hall–Kier alpha value is -0.400. The van der Waals surface area contributed by atoms with Gasteiger partial charge in [0.15, 0.2) is 6.29 Å². The Morgan fingerprint density at radius 1 is 0.804 bits per heavy atom. The highest BCUT2D eigenvalue weighted by Gasteiger charge is 2.85. The Balaban J connectivity index is 1.27. The van der Waals surface area contributed by atoms with Crippen LogP contribution >= 0.6 is 0 Å². The number of rotatable bonds is 5. The van der Waals surface area contributed by atoms with Crippen LogP contribution in [0.2, 0.25) is 0 Å². The molecule has 17 unspecified atom stereocenters. The Morgan fingerprint density at radius 2 is 1.50 bits per heavy atom. The molecule has 264 valence electrons. The van der Waals surface area contributed by atoms with E-state index in [1.807, 2.05) is 0 Å². The number of hydrogen-bond donors (Lipinski definition) is 7. The summed E-state index contributed by atoms with van der Waals surface area (Å²) < 4.78 is 19.5. The largest absolute Gasteiger partial charge is 0.394 e. The summed E-state index contributed by atoms with van der Waals surface area (Å²) in [5, 5.41) is 76.1. The Labute approximate surface area is 273 Å². The average molecular weight is 653 g/mol. The molecule has 2 spiro atoms. The van der Waals surface area contributed by atoms with Crippen molar-refractivity contribution in [2.24, 2.45) is 44.8 Å². The fourth-order valence-electron chi connectivity index (χ4n) is 13.6. The highest BCUT2D eigenvalue weighted by molar-refractivity contribution is 5.33. The molecule has 0 radical (unpaired) electrons. The van der Waals surface area contributed by atoms with Crippen molar-refractivity contribution in [3.05, 3.63) is 0 Å². The van der Waals surface area contributed by atoms with Crippen molar-refractivity contribution in [3.63, 3.8) is 0 Å². The molecule has 0 aromatic carbocycles. The molecular weight excluding hydrogens is 592 g/mol. The van der Waals surface area contributed by atoms with E-state index < -0.39 is 66.8 Å². The summed E-state index contributed by atoms with van der Waals surface area (Å²) in [6, 6.07) is 0. The van der Waals surface area contributed by atoms with Crippen molar-refractivity contribution in [2.75, 3.05) is 6.61 Å². The topological polar surface area (TPSA) is 169 Å². The third-order valence-corrected chi connectivity index (χ3v) is 15.9. The zero-order valence-electron chi connectivity index (χ0n) is 28.9. The molecule has 7 aliphatic rings. The maximum Gasteiger partial charge on any atom is 0.186 e. The van der Waals surface area contributed by atoms with Crippen molar-refractivity contribution in [1.29, 1.82) is 0 Å². The Morgan fingerprint density at radius 3 is 2.13 bits per heavy atom. The molecule has 0 amide bonds. The normalized spacial score (nSPS) is 59.3. The van der Waals surface area contributed by atoms with Gasteiger partial charge in [0, 0.05) is 5.92 Å².